The molecule has 4 aliphatic rings. The van der Waals surface area contributed by atoms with E-state index in [4.69, 9.17) is 4.74 Å². The molecular weight excluding hydrogens is 735 g/mol. The van der Waals surface area contributed by atoms with Crippen molar-refractivity contribution in [3.63, 3.8) is 0 Å². The lowest BCUT2D eigenvalue weighted by molar-refractivity contribution is -0.144. The Kier molecular flexibility index (Phi) is 14.7. The van der Waals surface area contributed by atoms with Crippen molar-refractivity contribution in [3.05, 3.63) is 35.9 Å². The summed E-state index contributed by atoms with van der Waals surface area (Å²) in [6, 6.07) is 3.71. The van der Waals surface area contributed by atoms with Crippen LogP contribution in [0.3, 0.4) is 0 Å². The van der Waals surface area contributed by atoms with E-state index in [0.29, 0.717) is 18.5 Å². The Morgan fingerprint density at radius 1 is 0.907 bits per heavy atom. The standard InChI is InChI=1S/C38H53N5O9S2/c1-23(2)21-52-37(51)42-30(25-10-5-3-6-11-25)35(48)43-22-38(53-16-9-17-54-38)19-28(43)33(46)40-27(18-24-14-15-24)32(45)34(47)39-20-29(44)41-31(36(49)50)26-12-7-4-8-13-26/h4,7-8,12-13,23-25,27-28,30-31H,3,5-6,9-11,14-22H2,1-2H3,(H,39,47)(H,40,46)(H,41,44)(H,42,51)(H,49,50). The van der Waals surface area contributed by atoms with Crippen molar-refractivity contribution < 1.29 is 43.4 Å². The zero-order valence-corrected chi connectivity index (χ0v) is 32.6. The first-order chi connectivity index (χ1) is 25.9. The van der Waals surface area contributed by atoms with E-state index in [2.05, 4.69) is 21.3 Å². The van der Waals surface area contributed by atoms with Gasteiger partial charge < -0.3 is 36.0 Å². The largest absolute Gasteiger partial charge is 0.479 e. The van der Waals surface area contributed by atoms with Gasteiger partial charge in [-0.1, -0.05) is 76.3 Å². The third kappa shape index (κ3) is 11.4. The highest BCUT2D eigenvalue weighted by Crippen LogP contribution is 2.50. The van der Waals surface area contributed by atoms with E-state index in [1.54, 1.807) is 58.8 Å². The topological polar surface area (TPSA) is 200 Å². The fraction of sp³-hybridized carbons (Fsp3) is 0.658. The summed E-state index contributed by atoms with van der Waals surface area (Å²) in [5, 5.41) is 20.0. The second-order valence-corrected chi connectivity index (χ2v) is 18.4. The third-order valence-corrected chi connectivity index (χ3v) is 13.7. The SMILES string of the molecule is CC(C)COC(=O)NC(C(=O)N1CC2(CC1C(=O)NC(CC1CC1)C(=O)C(=O)NCC(=O)NC(C(=O)O)c1ccccc1)SCCCS2)C1CCCCC1. The molecule has 4 unspecified atom stereocenters. The molecule has 0 bridgehead atoms. The average molecular weight is 788 g/mol. The normalized spacial score (nSPS) is 21.4. The van der Waals surface area contributed by atoms with E-state index in [-0.39, 0.29) is 36.7 Å². The predicted molar refractivity (Wildman–Crippen MR) is 204 cm³/mol. The first-order valence-electron chi connectivity index (χ1n) is 19.1. The molecule has 1 aromatic carbocycles. The van der Waals surface area contributed by atoms with Crippen molar-refractivity contribution in [1.82, 2.24) is 26.2 Å². The molecule has 5 amide bonds. The van der Waals surface area contributed by atoms with Crippen LogP contribution in [0, 0.1) is 17.8 Å². The number of ether oxygens (including phenoxy) is 1. The van der Waals surface area contributed by atoms with Crippen LogP contribution in [0.25, 0.3) is 0 Å². The van der Waals surface area contributed by atoms with Crippen molar-refractivity contribution in [2.75, 3.05) is 31.2 Å². The number of carboxylic acid groups (broad SMARTS) is 1. The number of carbonyl (C=O) groups is 7. The van der Waals surface area contributed by atoms with Crippen LogP contribution in [-0.4, -0.2) is 105 Å². The van der Waals surface area contributed by atoms with Crippen LogP contribution < -0.4 is 21.3 Å². The Balaban J connectivity index is 1.29. The number of carboxylic acids is 1. The van der Waals surface area contributed by atoms with Gasteiger partial charge in [0.05, 0.1) is 23.3 Å². The molecule has 5 rings (SSSR count). The van der Waals surface area contributed by atoms with E-state index in [1.165, 1.54) is 0 Å². The number of rotatable bonds is 16. The number of nitrogens with zero attached hydrogens (tertiary/aromatic N) is 1. The summed E-state index contributed by atoms with van der Waals surface area (Å²) >= 11 is 3.45. The summed E-state index contributed by atoms with van der Waals surface area (Å²) in [7, 11) is 0. The maximum Gasteiger partial charge on any atom is 0.407 e. The molecule has 2 saturated heterocycles. The van der Waals surface area contributed by atoms with Crippen molar-refractivity contribution >= 4 is 65.0 Å². The summed E-state index contributed by atoms with van der Waals surface area (Å²) in [5.74, 6) is -3.12. The number of hydrogen-bond acceptors (Lipinski definition) is 10. The van der Waals surface area contributed by atoms with Crippen molar-refractivity contribution in [2.24, 2.45) is 17.8 Å². The van der Waals surface area contributed by atoms with Gasteiger partial charge in [0.25, 0.3) is 5.91 Å². The second-order valence-electron chi connectivity index (χ2n) is 15.2. The Morgan fingerprint density at radius 2 is 1.59 bits per heavy atom. The number of benzene rings is 1. The Morgan fingerprint density at radius 3 is 2.22 bits per heavy atom. The Bertz CT molecular complexity index is 1530. The van der Waals surface area contributed by atoms with Crippen LogP contribution in [0.1, 0.15) is 89.7 Å². The van der Waals surface area contributed by atoms with Gasteiger partial charge in [-0.2, -0.15) is 0 Å². The molecule has 1 aromatic rings. The summed E-state index contributed by atoms with van der Waals surface area (Å²) in [5.41, 5.74) is 0.339. The van der Waals surface area contributed by atoms with Crippen LogP contribution in [0.2, 0.25) is 0 Å². The highest BCUT2D eigenvalue weighted by Gasteiger charge is 2.52. The molecule has 2 aliphatic carbocycles. The van der Waals surface area contributed by atoms with Crippen molar-refractivity contribution in [3.8, 4) is 0 Å². The number of Topliss-reactive ketones (excluding diaryl/α,β-unsaturated/α-hetero) is 1. The molecule has 14 nitrogen and oxygen atoms in total. The fourth-order valence-corrected chi connectivity index (χ4v) is 10.7. The molecule has 5 N–H and O–H groups in total. The molecule has 1 spiro atoms. The van der Waals surface area contributed by atoms with Gasteiger partial charge in [-0.3, -0.25) is 24.0 Å². The molecule has 54 heavy (non-hydrogen) atoms. The number of alkyl carbamates (subject to hydrolysis) is 1. The van der Waals surface area contributed by atoms with E-state index < -0.39 is 70.4 Å². The Hall–Kier alpha value is -3.79. The van der Waals surface area contributed by atoms with Gasteiger partial charge >= 0.3 is 12.1 Å². The van der Waals surface area contributed by atoms with E-state index in [0.717, 1.165) is 62.9 Å². The number of thioether (sulfide) groups is 2. The molecule has 16 heteroatoms. The molecule has 2 heterocycles. The predicted octanol–water partition coefficient (Wildman–Crippen LogP) is 3.40. The quantitative estimate of drug-likeness (QED) is 0.154. The van der Waals surface area contributed by atoms with Crippen molar-refractivity contribution in [1.29, 1.82) is 0 Å². The van der Waals surface area contributed by atoms with E-state index in [1.807, 2.05) is 13.8 Å². The molecule has 0 aromatic heterocycles. The van der Waals surface area contributed by atoms with Gasteiger partial charge in [-0.25, -0.2) is 9.59 Å². The second kappa shape index (κ2) is 19.2. The zero-order chi connectivity index (χ0) is 38.8. The number of likely N-dealkylation sites (tertiary alicyclic amines) is 1. The summed E-state index contributed by atoms with van der Waals surface area (Å²) in [6.07, 6.45) is 7.01. The van der Waals surface area contributed by atoms with Gasteiger partial charge in [-0.05, 0) is 60.5 Å². The molecule has 4 atom stereocenters. The summed E-state index contributed by atoms with van der Waals surface area (Å²) in [6.45, 7) is 3.70. The lowest BCUT2D eigenvalue weighted by Gasteiger charge is -2.35. The lowest BCUT2D eigenvalue weighted by Crippen LogP contribution is -2.58. The Labute approximate surface area is 324 Å². The molecule has 0 radical (unpaired) electrons. The van der Waals surface area contributed by atoms with Crippen LogP contribution in [0.5, 0.6) is 0 Å². The first kappa shape index (κ1) is 41.4. The number of hydrogen-bond donors (Lipinski definition) is 5. The van der Waals surface area contributed by atoms with Crippen molar-refractivity contribution in [2.45, 2.75) is 106 Å². The van der Waals surface area contributed by atoms with Gasteiger partial charge in [0.2, 0.25) is 23.5 Å². The monoisotopic (exact) mass is 787 g/mol. The van der Waals surface area contributed by atoms with Gasteiger partial charge in [0.15, 0.2) is 6.04 Å². The minimum atomic E-state index is -1.35. The number of amides is 5. The van der Waals surface area contributed by atoms with Crippen LogP contribution in [0.15, 0.2) is 30.3 Å². The van der Waals surface area contributed by atoms with Gasteiger partial charge in [0.1, 0.15) is 12.1 Å². The average Bonchev–Trinajstić information content (AvgIpc) is 3.92. The molecule has 2 saturated carbocycles. The molecule has 2 aliphatic heterocycles. The molecule has 296 valence electrons. The number of aliphatic carboxylic acids is 1. The van der Waals surface area contributed by atoms with Gasteiger partial charge in [0, 0.05) is 13.0 Å². The third-order valence-electron chi connectivity index (χ3n) is 10.3. The summed E-state index contributed by atoms with van der Waals surface area (Å²) < 4.78 is 4.98. The minimum absolute atomic E-state index is 0.112. The molecule has 4 fully saturated rings. The first-order valence-corrected chi connectivity index (χ1v) is 21.0. The van der Waals surface area contributed by atoms with E-state index in [9.17, 15) is 38.7 Å². The minimum Gasteiger partial charge on any atom is -0.479 e. The zero-order valence-electron chi connectivity index (χ0n) is 31.0. The highest BCUT2D eigenvalue weighted by molar-refractivity contribution is 8.18. The fourth-order valence-electron chi connectivity index (χ4n) is 7.31. The van der Waals surface area contributed by atoms with E-state index >= 15 is 0 Å². The molecular formula is C38H53N5O9S2. The smallest absolute Gasteiger partial charge is 0.407 e. The lowest BCUT2D eigenvalue weighted by atomic mass is 9.83. The highest BCUT2D eigenvalue weighted by atomic mass is 32.2. The number of ketones is 1. The summed E-state index contributed by atoms with van der Waals surface area (Å²) in [4.78, 5) is 94.6. The maximum atomic E-state index is 14.6. The number of nitrogens with one attached hydrogen (secondary N) is 4. The van der Waals surface area contributed by atoms with Crippen LogP contribution in [-0.2, 0) is 33.5 Å². The number of carbonyl (C=O) groups excluding carboxylic acids is 6. The van der Waals surface area contributed by atoms with Crippen LogP contribution >= 0.6 is 23.5 Å². The van der Waals surface area contributed by atoms with Crippen LogP contribution in [0.4, 0.5) is 4.79 Å². The maximum absolute atomic E-state index is 14.6. The van der Waals surface area contributed by atoms with Gasteiger partial charge in [-0.15, -0.1) is 23.5 Å².